The Morgan fingerprint density at radius 3 is 2.54 bits per heavy atom. The molecule has 0 aliphatic carbocycles. The molecule has 4 aromatic rings. The minimum atomic E-state index is 0.618. The number of benzene rings is 2. The molecule has 4 nitrogen and oxygen atoms in total. The van der Waals surface area contributed by atoms with Gasteiger partial charge in [-0.15, -0.1) is 0 Å². The zero-order valence-electron chi connectivity index (χ0n) is 14.7. The third kappa shape index (κ3) is 2.60. The molecule has 4 rings (SSSR count). The van der Waals surface area contributed by atoms with E-state index in [9.17, 15) is 0 Å². The van der Waals surface area contributed by atoms with E-state index in [0.29, 0.717) is 5.69 Å². The van der Waals surface area contributed by atoms with Gasteiger partial charge in [0.05, 0.1) is 12.3 Å². The van der Waals surface area contributed by atoms with Crippen LogP contribution in [0.4, 0.5) is 5.69 Å². The summed E-state index contributed by atoms with van der Waals surface area (Å²) >= 11 is 0. The topological polar surface area (TPSA) is 27.1 Å². The van der Waals surface area contributed by atoms with Crippen molar-refractivity contribution in [3.05, 3.63) is 95.9 Å². The molecule has 2 heterocycles. The molecule has 0 aliphatic rings. The van der Waals surface area contributed by atoms with E-state index in [2.05, 4.69) is 51.1 Å². The molecule has 0 spiro atoms. The van der Waals surface area contributed by atoms with Gasteiger partial charge in [-0.3, -0.25) is 4.57 Å². The molecule has 4 heteroatoms. The second-order valence-electron chi connectivity index (χ2n) is 6.23. The van der Waals surface area contributed by atoms with Crippen molar-refractivity contribution in [2.24, 2.45) is 0 Å². The predicted octanol–water partition coefficient (Wildman–Crippen LogP) is 5.50. The normalized spacial score (nSPS) is 10.7. The van der Waals surface area contributed by atoms with Crippen LogP contribution < -0.4 is 0 Å². The van der Waals surface area contributed by atoms with Gasteiger partial charge in [-0.2, -0.15) is 0 Å². The SMILES string of the molecule is [C-]#[N+]c1cccc(-c2nccn2-c2c(C)cn(-c3ccccc3)c2C)c1. The number of aryl methyl sites for hydroxylation is 1. The van der Waals surface area contributed by atoms with Gasteiger partial charge in [-0.05, 0) is 37.6 Å². The monoisotopic (exact) mass is 338 g/mol. The highest BCUT2D eigenvalue weighted by Gasteiger charge is 2.16. The Kier molecular flexibility index (Phi) is 3.91. The van der Waals surface area contributed by atoms with E-state index in [-0.39, 0.29) is 0 Å². The van der Waals surface area contributed by atoms with Crippen LogP contribution >= 0.6 is 0 Å². The first-order valence-electron chi connectivity index (χ1n) is 8.44. The third-order valence-corrected chi connectivity index (χ3v) is 4.55. The number of aromatic nitrogens is 3. The molecular formula is C22H18N4. The van der Waals surface area contributed by atoms with E-state index in [1.54, 1.807) is 6.20 Å². The maximum atomic E-state index is 7.24. The first-order chi connectivity index (χ1) is 12.7. The summed E-state index contributed by atoms with van der Waals surface area (Å²) in [5.41, 5.74) is 6.13. The van der Waals surface area contributed by atoms with E-state index >= 15 is 0 Å². The second kappa shape index (κ2) is 6.38. The first-order valence-corrected chi connectivity index (χ1v) is 8.44. The summed E-state index contributed by atoms with van der Waals surface area (Å²) in [5.74, 6) is 0.840. The summed E-state index contributed by atoms with van der Waals surface area (Å²) in [6.07, 6.45) is 5.93. The maximum absolute atomic E-state index is 7.24. The molecule has 2 aromatic carbocycles. The molecule has 0 fully saturated rings. The molecule has 0 amide bonds. The van der Waals surface area contributed by atoms with Gasteiger partial charge in [0.25, 0.3) is 0 Å². The van der Waals surface area contributed by atoms with Crippen LogP contribution in [0.3, 0.4) is 0 Å². The lowest BCUT2D eigenvalue weighted by Gasteiger charge is -2.11. The van der Waals surface area contributed by atoms with Gasteiger partial charge in [0.15, 0.2) is 5.69 Å². The Hall–Kier alpha value is -3.58. The van der Waals surface area contributed by atoms with Crippen molar-refractivity contribution >= 4 is 5.69 Å². The van der Waals surface area contributed by atoms with Crippen LogP contribution in [0.25, 0.3) is 27.6 Å². The van der Waals surface area contributed by atoms with E-state index in [0.717, 1.165) is 28.5 Å². The molecule has 2 aromatic heterocycles. The van der Waals surface area contributed by atoms with Crippen molar-refractivity contribution in [3.63, 3.8) is 0 Å². The highest BCUT2D eigenvalue weighted by molar-refractivity contribution is 5.66. The smallest absolute Gasteiger partial charge is 0.187 e. The number of para-hydroxylation sites is 1. The number of hydrogen-bond acceptors (Lipinski definition) is 1. The fourth-order valence-corrected chi connectivity index (χ4v) is 3.38. The van der Waals surface area contributed by atoms with Crippen LogP contribution in [0.15, 0.2) is 73.2 Å². The summed E-state index contributed by atoms with van der Waals surface area (Å²) < 4.78 is 4.30. The van der Waals surface area contributed by atoms with Gasteiger partial charge >= 0.3 is 0 Å². The molecule has 0 atom stereocenters. The standard InChI is InChI=1S/C22H18N4/c1-16-15-26(20-10-5-4-6-11-20)17(2)21(16)25-13-12-24-22(25)18-8-7-9-19(14-18)23-3/h4-15H,1-2H3. The number of nitrogens with zero attached hydrogens (tertiary/aromatic N) is 4. The zero-order valence-corrected chi connectivity index (χ0v) is 14.7. The van der Waals surface area contributed by atoms with Crippen molar-refractivity contribution in [3.8, 4) is 22.8 Å². The van der Waals surface area contributed by atoms with Crippen LogP contribution in [0, 0.1) is 20.4 Å². The average molecular weight is 338 g/mol. The van der Waals surface area contributed by atoms with E-state index in [1.165, 1.54) is 5.56 Å². The van der Waals surface area contributed by atoms with Crippen molar-refractivity contribution in [2.45, 2.75) is 13.8 Å². The van der Waals surface area contributed by atoms with Gasteiger partial charge in [-0.25, -0.2) is 9.83 Å². The van der Waals surface area contributed by atoms with Crippen LogP contribution in [0.5, 0.6) is 0 Å². The van der Waals surface area contributed by atoms with Gasteiger partial charge in [-0.1, -0.05) is 36.4 Å². The molecule has 126 valence electrons. The molecule has 26 heavy (non-hydrogen) atoms. The lowest BCUT2D eigenvalue weighted by Crippen LogP contribution is -2.01. The van der Waals surface area contributed by atoms with Gasteiger partial charge < -0.3 is 4.57 Å². The van der Waals surface area contributed by atoms with E-state index in [1.807, 2.05) is 48.7 Å². The molecule has 0 saturated carbocycles. The molecular weight excluding hydrogens is 320 g/mol. The summed E-state index contributed by atoms with van der Waals surface area (Å²) in [4.78, 5) is 8.08. The van der Waals surface area contributed by atoms with Crippen LogP contribution in [-0.4, -0.2) is 14.1 Å². The predicted molar refractivity (Wildman–Crippen MR) is 104 cm³/mol. The lowest BCUT2D eigenvalue weighted by molar-refractivity contribution is 0.977. The fraction of sp³-hybridized carbons (Fsp3) is 0.0909. The molecule has 0 N–H and O–H groups in total. The molecule has 0 bridgehead atoms. The molecule has 0 saturated heterocycles. The molecule has 0 radical (unpaired) electrons. The summed E-state index contributed by atoms with van der Waals surface area (Å²) in [7, 11) is 0. The summed E-state index contributed by atoms with van der Waals surface area (Å²) in [5, 5.41) is 0. The van der Waals surface area contributed by atoms with Gasteiger partial charge in [0, 0.05) is 35.5 Å². The third-order valence-electron chi connectivity index (χ3n) is 4.55. The zero-order chi connectivity index (χ0) is 18.1. The Labute approximate surface area is 152 Å². The quantitative estimate of drug-likeness (QED) is 0.453. The number of hydrogen-bond donors (Lipinski definition) is 0. The maximum Gasteiger partial charge on any atom is 0.187 e. The lowest BCUT2D eigenvalue weighted by atomic mass is 10.2. The van der Waals surface area contributed by atoms with Crippen LogP contribution in [0.2, 0.25) is 0 Å². The van der Waals surface area contributed by atoms with Crippen molar-refractivity contribution in [2.75, 3.05) is 0 Å². The van der Waals surface area contributed by atoms with Crippen molar-refractivity contribution in [1.29, 1.82) is 0 Å². The van der Waals surface area contributed by atoms with Crippen molar-refractivity contribution < 1.29 is 0 Å². The Morgan fingerprint density at radius 1 is 0.962 bits per heavy atom. The van der Waals surface area contributed by atoms with Crippen molar-refractivity contribution in [1.82, 2.24) is 14.1 Å². The van der Waals surface area contributed by atoms with E-state index in [4.69, 9.17) is 6.57 Å². The summed E-state index contributed by atoms with van der Waals surface area (Å²) in [6.45, 7) is 11.5. The minimum Gasteiger partial charge on any atom is -0.319 e. The van der Waals surface area contributed by atoms with Crippen LogP contribution in [0.1, 0.15) is 11.3 Å². The van der Waals surface area contributed by atoms with Gasteiger partial charge in [0.1, 0.15) is 5.82 Å². The van der Waals surface area contributed by atoms with Gasteiger partial charge in [0.2, 0.25) is 0 Å². The summed E-state index contributed by atoms with van der Waals surface area (Å²) in [6, 6.07) is 17.9. The number of imidazole rings is 1. The average Bonchev–Trinajstić information content (AvgIpc) is 3.26. The largest absolute Gasteiger partial charge is 0.319 e. The minimum absolute atomic E-state index is 0.618. The Balaban J connectivity index is 1.87. The van der Waals surface area contributed by atoms with Crippen LogP contribution in [-0.2, 0) is 0 Å². The highest BCUT2D eigenvalue weighted by atomic mass is 15.1. The Bertz CT molecular complexity index is 1110. The van der Waals surface area contributed by atoms with E-state index < -0.39 is 0 Å². The Morgan fingerprint density at radius 2 is 1.77 bits per heavy atom. The fourth-order valence-electron chi connectivity index (χ4n) is 3.38. The molecule has 0 aliphatic heterocycles. The first kappa shape index (κ1) is 15.9. The number of rotatable bonds is 3. The highest BCUT2D eigenvalue weighted by Crippen LogP contribution is 2.30. The second-order valence-corrected chi connectivity index (χ2v) is 6.23. The molecule has 0 unspecified atom stereocenters.